The third-order valence-corrected chi connectivity index (χ3v) is 6.85. The number of amides is 1. The van der Waals surface area contributed by atoms with Gasteiger partial charge in [0.25, 0.3) is 0 Å². The minimum absolute atomic E-state index is 0.0624. The molecule has 1 aliphatic rings. The number of aliphatic imine (C=N–C) groups is 1. The summed E-state index contributed by atoms with van der Waals surface area (Å²) in [6.07, 6.45) is 3.41. The van der Waals surface area contributed by atoms with Crippen LogP contribution in [0.4, 0.5) is 0 Å². The van der Waals surface area contributed by atoms with Gasteiger partial charge in [0.1, 0.15) is 12.4 Å². The van der Waals surface area contributed by atoms with Crippen molar-refractivity contribution in [1.82, 2.24) is 14.8 Å². The Balaban J connectivity index is 1.52. The molecule has 0 saturated heterocycles. The summed E-state index contributed by atoms with van der Waals surface area (Å²) in [5.74, 6) is 1.02. The lowest BCUT2D eigenvalue weighted by Crippen LogP contribution is -2.45. The van der Waals surface area contributed by atoms with Gasteiger partial charge in [0, 0.05) is 45.3 Å². The fraction of sp³-hybridized carbons (Fsp3) is 0.355. The van der Waals surface area contributed by atoms with Crippen LogP contribution in [0, 0.1) is 5.41 Å². The van der Waals surface area contributed by atoms with Crippen molar-refractivity contribution in [3.8, 4) is 5.75 Å². The molecule has 38 heavy (non-hydrogen) atoms. The normalized spacial score (nSPS) is 14.6. The summed E-state index contributed by atoms with van der Waals surface area (Å²) >= 11 is 0. The molecule has 1 aliphatic heterocycles. The molecule has 7 nitrogen and oxygen atoms in total. The molecule has 0 radical (unpaired) electrons. The van der Waals surface area contributed by atoms with Crippen molar-refractivity contribution in [2.75, 3.05) is 40.3 Å². The van der Waals surface area contributed by atoms with Crippen LogP contribution in [-0.2, 0) is 11.4 Å². The Hall–Kier alpha value is -3.84. The van der Waals surface area contributed by atoms with Gasteiger partial charge in [0.2, 0.25) is 5.91 Å². The zero-order chi connectivity index (χ0) is 27.1. The molecule has 3 aromatic rings. The van der Waals surface area contributed by atoms with Gasteiger partial charge in [-0.25, -0.2) is 0 Å². The molecule has 7 heteroatoms. The van der Waals surface area contributed by atoms with Crippen LogP contribution >= 0.6 is 0 Å². The molecular weight excluding hydrogens is 474 g/mol. The number of likely N-dealkylation sites (N-methyl/N-ethyl adjacent to an activating group) is 1. The van der Waals surface area contributed by atoms with E-state index in [0.29, 0.717) is 37.9 Å². The van der Waals surface area contributed by atoms with Crippen LogP contribution in [-0.4, -0.2) is 72.4 Å². The summed E-state index contributed by atoms with van der Waals surface area (Å²) in [5.41, 5.74) is 5.57. The van der Waals surface area contributed by atoms with Gasteiger partial charge in [0.15, 0.2) is 0 Å². The number of aromatic nitrogens is 1. The van der Waals surface area contributed by atoms with Crippen LogP contribution in [0.25, 0.3) is 0 Å². The van der Waals surface area contributed by atoms with Crippen LogP contribution in [0.3, 0.4) is 0 Å². The summed E-state index contributed by atoms with van der Waals surface area (Å²) in [4.78, 5) is 25.0. The Kier molecular flexibility index (Phi) is 9.02. The molecule has 0 bridgehead atoms. The third kappa shape index (κ3) is 6.92. The van der Waals surface area contributed by atoms with E-state index in [1.165, 1.54) is 5.56 Å². The van der Waals surface area contributed by atoms with E-state index >= 15 is 0 Å². The molecule has 1 unspecified atom stereocenters. The summed E-state index contributed by atoms with van der Waals surface area (Å²) in [6, 6.07) is 20.2. The standard InChI is InChI=1S/C31H37N5O2/c1-22(2)24-7-5-23(6-8-24)21-38-27-11-9-25(10-12-27)30(31(32)26-13-15-33-16-14-26)28-19-36(18-17-34-28)20-29(37)35(3)4/h5-16,22,30,32H,17-21H2,1-4H3. The second-order valence-electron chi connectivity index (χ2n) is 10.2. The van der Waals surface area contributed by atoms with Crippen molar-refractivity contribution in [2.24, 2.45) is 4.99 Å². The monoisotopic (exact) mass is 511 g/mol. The van der Waals surface area contributed by atoms with E-state index in [-0.39, 0.29) is 11.8 Å². The number of hydrogen-bond acceptors (Lipinski definition) is 6. The van der Waals surface area contributed by atoms with Crippen LogP contribution in [0.15, 0.2) is 78.0 Å². The Morgan fingerprint density at radius 3 is 2.29 bits per heavy atom. The van der Waals surface area contributed by atoms with E-state index in [1.807, 2.05) is 36.4 Å². The Morgan fingerprint density at radius 1 is 1.00 bits per heavy atom. The van der Waals surface area contributed by atoms with Crippen LogP contribution < -0.4 is 4.74 Å². The van der Waals surface area contributed by atoms with E-state index in [2.05, 4.69) is 48.0 Å². The number of hydrogen-bond donors (Lipinski definition) is 1. The molecular formula is C31H37N5O2. The van der Waals surface area contributed by atoms with E-state index in [1.54, 1.807) is 31.4 Å². The average Bonchev–Trinajstić information content (AvgIpc) is 2.93. The van der Waals surface area contributed by atoms with Crippen molar-refractivity contribution in [3.05, 3.63) is 95.3 Å². The van der Waals surface area contributed by atoms with Gasteiger partial charge >= 0.3 is 0 Å². The smallest absolute Gasteiger partial charge is 0.236 e. The van der Waals surface area contributed by atoms with E-state index < -0.39 is 0 Å². The average molecular weight is 512 g/mol. The summed E-state index contributed by atoms with van der Waals surface area (Å²) in [6.45, 7) is 7.09. The van der Waals surface area contributed by atoms with Crippen LogP contribution in [0.5, 0.6) is 5.75 Å². The zero-order valence-corrected chi connectivity index (χ0v) is 22.7. The number of carbonyl (C=O) groups excluding carboxylic acids is 1. The molecule has 1 amide bonds. The second kappa shape index (κ2) is 12.6. The number of pyridine rings is 1. The van der Waals surface area contributed by atoms with Gasteiger partial charge in [-0.3, -0.25) is 19.7 Å². The van der Waals surface area contributed by atoms with Crippen molar-refractivity contribution in [1.29, 1.82) is 5.41 Å². The minimum Gasteiger partial charge on any atom is -0.489 e. The van der Waals surface area contributed by atoms with Crippen LogP contribution in [0.1, 0.15) is 47.9 Å². The van der Waals surface area contributed by atoms with Crippen molar-refractivity contribution < 1.29 is 9.53 Å². The maximum Gasteiger partial charge on any atom is 0.236 e. The number of benzene rings is 2. The second-order valence-corrected chi connectivity index (χ2v) is 10.2. The largest absolute Gasteiger partial charge is 0.489 e. The number of carbonyl (C=O) groups is 1. The number of nitrogens with one attached hydrogen (secondary N) is 1. The van der Waals surface area contributed by atoms with E-state index in [4.69, 9.17) is 15.1 Å². The van der Waals surface area contributed by atoms with Gasteiger partial charge < -0.3 is 15.0 Å². The molecule has 2 aromatic carbocycles. The highest BCUT2D eigenvalue weighted by atomic mass is 16.5. The molecule has 4 rings (SSSR count). The van der Waals surface area contributed by atoms with Crippen molar-refractivity contribution >= 4 is 17.3 Å². The van der Waals surface area contributed by atoms with E-state index in [9.17, 15) is 4.79 Å². The van der Waals surface area contributed by atoms with Gasteiger partial charge in [0.05, 0.1) is 24.7 Å². The summed E-state index contributed by atoms with van der Waals surface area (Å²) in [7, 11) is 3.54. The first-order chi connectivity index (χ1) is 18.3. The maximum absolute atomic E-state index is 12.3. The van der Waals surface area contributed by atoms with Gasteiger partial charge in [-0.1, -0.05) is 50.2 Å². The SMILES string of the molecule is CC(C)c1ccc(COc2ccc(C(C(=N)c3ccncc3)C3=NCCN(CC(=O)N(C)C)C3)cc2)cc1. The number of nitrogens with zero attached hydrogens (tertiary/aromatic N) is 4. The highest BCUT2D eigenvalue weighted by Crippen LogP contribution is 2.27. The fourth-order valence-corrected chi connectivity index (χ4v) is 4.49. The first kappa shape index (κ1) is 27.2. The minimum atomic E-state index is -0.327. The molecule has 1 aromatic heterocycles. The molecule has 198 valence electrons. The highest BCUT2D eigenvalue weighted by molar-refractivity contribution is 6.18. The van der Waals surface area contributed by atoms with E-state index in [0.717, 1.165) is 34.7 Å². The predicted molar refractivity (Wildman–Crippen MR) is 153 cm³/mol. The van der Waals surface area contributed by atoms with Gasteiger partial charge in [-0.2, -0.15) is 0 Å². The topological polar surface area (TPSA) is 81.9 Å². The fourth-order valence-electron chi connectivity index (χ4n) is 4.49. The molecule has 0 saturated carbocycles. The Bertz CT molecular complexity index is 1250. The number of ether oxygens (including phenoxy) is 1. The van der Waals surface area contributed by atoms with Gasteiger partial charge in [-0.05, 0) is 52.4 Å². The molecule has 0 fully saturated rings. The number of rotatable bonds is 10. The molecule has 0 aliphatic carbocycles. The highest BCUT2D eigenvalue weighted by Gasteiger charge is 2.28. The lowest BCUT2D eigenvalue weighted by atomic mass is 9.85. The molecule has 1 atom stereocenters. The first-order valence-electron chi connectivity index (χ1n) is 13.1. The molecule has 2 heterocycles. The lowest BCUT2D eigenvalue weighted by Gasteiger charge is -2.31. The lowest BCUT2D eigenvalue weighted by molar-refractivity contribution is -0.129. The third-order valence-electron chi connectivity index (χ3n) is 6.85. The maximum atomic E-state index is 12.3. The van der Waals surface area contributed by atoms with Crippen molar-refractivity contribution in [2.45, 2.75) is 32.3 Å². The summed E-state index contributed by atoms with van der Waals surface area (Å²) in [5, 5.41) is 9.10. The van der Waals surface area contributed by atoms with Crippen molar-refractivity contribution in [3.63, 3.8) is 0 Å². The Morgan fingerprint density at radius 2 is 1.66 bits per heavy atom. The molecule has 0 spiro atoms. The summed E-state index contributed by atoms with van der Waals surface area (Å²) < 4.78 is 6.06. The molecule has 1 N–H and O–H groups in total. The predicted octanol–water partition coefficient (Wildman–Crippen LogP) is 4.78. The Labute approximate surface area is 225 Å². The van der Waals surface area contributed by atoms with Crippen LogP contribution in [0.2, 0.25) is 0 Å². The first-order valence-corrected chi connectivity index (χ1v) is 13.1. The zero-order valence-electron chi connectivity index (χ0n) is 22.7. The van der Waals surface area contributed by atoms with Gasteiger partial charge in [-0.15, -0.1) is 0 Å². The quantitative estimate of drug-likeness (QED) is 0.397.